The predicted octanol–water partition coefficient (Wildman–Crippen LogP) is 5.10. The molecule has 0 bridgehead atoms. The Morgan fingerprint density at radius 1 is 0.977 bits per heavy atom. The highest BCUT2D eigenvalue weighted by Crippen LogP contribution is 2.32. The first-order valence-electron chi connectivity index (χ1n) is 15.7. The molecule has 3 aromatic rings. The molecule has 2 N–H and O–H groups in total. The summed E-state index contributed by atoms with van der Waals surface area (Å²) in [5.74, 6) is 0.0536. The first-order valence-corrected chi connectivity index (χ1v) is 15.7. The van der Waals surface area contributed by atoms with Crippen LogP contribution in [-0.4, -0.2) is 74.0 Å². The Bertz CT molecular complexity index is 1490. The topological polar surface area (TPSA) is 134 Å². The highest BCUT2D eigenvalue weighted by molar-refractivity contribution is 5.99. The third kappa shape index (κ3) is 7.38. The summed E-state index contributed by atoms with van der Waals surface area (Å²) in [6.07, 6.45) is 12.9. The Balaban J connectivity index is 1.19. The Morgan fingerprint density at radius 2 is 1.70 bits per heavy atom. The molecule has 2 fully saturated rings. The summed E-state index contributed by atoms with van der Waals surface area (Å²) in [5.41, 5.74) is 2.23. The summed E-state index contributed by atoms with van der Waals surface area (Å²) >= 11 is 0. The minimum atomic E-state index is -0.703. The summed E-state index contributed by atoms with van der Waals surface area (Å²) in [6.45, 7) is 8.24. The minimum Gasteiger partial charge on any atom is -0.481 e. The molecule has 1 saturated heterocycles. The van der Waals surface area contributed by atoms with Crippen molar-refractivity contribution in [2.24, 2.45) is 0 Å². The van der Waals surface area contributed by atoms with Gasteiger partial charge in [-0.3, -0.25) is 23.9 Å². The number of hydrogen-bond acceptors (Lipinski definition) is 9. The lowest BCUT2D eigenvalue weighted by Crippen LogP contribution is -2.46. The molecule has 1 saturated carbocycles. The van der Waals surface area contributed by atoms with Crippen molar-refractivity contribution in [2.45, 2.75) is 84.1 Å². The molecule has 0 aromatic carbocycles. The van der Waals surface area contributed by atoms with Gasteiger partial charge in [-0.15, -0.1) is 0 Å². The lowest BCUT2D eigenvalue weighted by molar-refractivity contribution is -0.137. The van der Waals surface area contributed by atoms with Crippen molar-refractivity contribution in [1.82, 2.24) is 24.4 Å². The van der Waals surface area contributed by atoms with Crippen LogP contribution in [0, 0.1) is 6.92 Å². The molecule has 1 aliphatic heterocycles. The molecule has 43 heavy (non-hydrogen) atoms. The highest BCUT2D eigenvalue weighted by atomic mass is 16.4. The van der Waals surface area contributed by atoms with Crippen LogP contribution in [0.25, 0.3) is 11.0 Å². The monoisotopic (exact) mass is 589 g/mol. The third-order valence-electron chi connectivity index (χ3n) is 8.84. The van der Waals surface area contributed by atoms with Crippen LogP contribution < -0.4 is 15.8 Å². The predicted molar refractivity (Wildman–Crippen MR) is 168 cm³/mol. The summed E-state index contributed by atoms with van der Waals surface area (Å²) in [4.78, 5) is 55.2. The van der Waals surface area contributed by atoms with E-state index in [4.69, 9.17) is 10.1 Å². The largest absolute Gasteiger partial charge is 0.481 e. The molecular weight excluding hydrogens is 546 g/mol. The van der Waals surface area contributed by atoms with Crippen molar-refractivity contribution in [2.75, 3.05) is 42.9 Å². The minimum absolute atomic E-state index is 0.0322. The van der Waals surface area contributed by atoms with Crippen LogP contribution in [0.2, 0.25) is 0 Å². The van der Waals surface area contributed by atoms with E-state index in [-0.39, 0.29) is 29.4 Å². The van der Waals surface area contributed by atoms with Gasteiger partial charge < -0.3 is 15.3 Å². The van der Waals surface area contributed by atoms with Gasteiger partial charge in [0.2, 0.25) is 5.95 Å². The number of ketones is 1. The van der Waals surface area contributed by atoms with Crippen molar-refractivity contribution in [3.05, 3.63) is 46.0 Å². The van der Waals surface area contributed by atoms with Gasteiger partial charge in [-0.25, -0.2) is 9.97 Å². The van der Waals surface area contributed by atoms with Gasteiger partial charge in [-0.2, -0.15) is 4.98 Å². The second kappa shape index (κ2) is 14.1. The van der Waals surface area contributed by atoms with E-state index in [2.05, 4.69) is 31.2 Å². The van der Waals surface area contributed by atoms with Gasteiger partial charge >= 0.3 is 5.97 Å². The Morgan fingerprint density at radius 3 is 2.37 bits per heavy atom. The lowest BCUT2D eigenvalue weighted by atomic mass is 10.0. The van der Waals surface area contributed by atoms with Crippen LogP contribution in [0.3, 0.4) is 0 Å². The number of carboxylic acids is 1. The number of nitrogens with zero attached hydrogens (tertiary/aromatic N) is 6. The smallest absolute Gasteiger partial charge is 0.303 e. The number of unbranched alkanes of at least 4 members (excludes halogenated alkanes) is 4. The number of piperazine rings is 1. The number of aryl methyl sites for hydroxylation is 1. The number of nitrogens with one attached hydrogen (secondary N) is 1. The average molecular weight is 590 g/mol. The van der Waals surface area contributed by atoms with Crippen molar-refractivity contribution < 1.29 is 14.7 Å². The van der Waals surface area contributed by atoms with E-state index in [1.807, 2.05) is 12.3 Å². The van der Waals surface area contributed by atoms with E-state index in [0.717, 1.165) is 102 Å². The Kier molecular flexibility index (Phi) is 10.0. The van der Waals surface area contributed by atoms with Gasteiger partial charge in [0.25, 0.3) is 5.56 Å². The number of carbonyl (C=O) groups is 2. The molecule has 2 aliphatic rings. The molecule has 3 aromatic heterocycles. The lowest BCUT2D eigenvalue weighted by Gasteiger charge is -2.36. The van der Waals surface area contributed by atoms with Gasteiger partial charge in [0.05, 0.1) is 17.4 Å². The Labute approximate surface area is 252 Å². The second-order valence-electron chi connectivity index (χ2n) is 11.9. The number of Topliss-reactive ketones (excluding diaryl/α,β-unsaturated/α-hetero) is 1. The summed E-state index contributed by atoms with van der Waals surface area (Å²) in [5, 5.41) is 12.7. The number of carboxylic acid groups (broad SMARTS) is 1. The molecule has 5 rings (SSSR count). The van der Waals surface area contributed by atoms with Gasteiger partial charge in [0.15, 0.2) is 5.78 Å². The fraction of sp³-hybridized carbons (Fsp3) is 0.562. The molecule has 4 heterocycles. The van der Waals surface area contributed by atoms with Gasteiger partial charge in [0.1, 0.15) is 11.5 Å². The third-order valence-corrected chi connectivity index (χ3v) is 8.84. The van der Waals surface area contributed by atoms with Crippen LogP contribution in [0.5, 0.6) is 0 Å². The quantitative estimate of drug-likeness (QED) is 0.205. The molecule has 1 aliphatic carbocycles. The fourth-order valence-corrected chi connectivity index (χ4v) is 6.44. The Hall–Kier alpha value is -3.86. The molecule has 0 amide bonds. The molecule has 0 spiro atoms. The van der Waals surface area contributed by atoms with Crippen LogP contribution in [0.15, 0.2) is 29.3 Å². The number of hydrogen-bond donors (Lipinski definition) is 2. The first kappa shape index (κ1) is 30.6. The number of aromatic nitrogens is 4. The normalized spacial score (nSPS) is 16.2. The number of fused-ring (bicyclic) bond motifs is 1. The van der Waals surface area contributed by atoms with Crippen LogP contribution in [0.1, 0.15) is 93.1 Å². The summed E-state index contributed by atoms with van der Waals surface area (Å²) in [6, 6.07) is 4.01. The van der Waals surface area contributed by atoms with E-state index in [9.17, 15) is 14.4 Å². The molecule has 0 unspecified atom stereocenters. The molecule has 0 atom stereocenters. The van der Waals surface area contributed by atoms with Crippen molar-refractivity contribution in [1.29, 1.82) is 0 Å². The van der Waals surface area contributed by atoms with E-state index in [0.29, 0.717) is 23.0 Å². The molecule has 11 heteroatoms. The number of pyridine rings is 2. The zero-order valence-corrected chi connectivity index (χ0v) is 25.3. The molecule has 230 valence electrons. The molecule has 0 radical (unpaired) electrons. The van der Waals surface area contributed by atoms with E-state index < -0.39 is 5.97 Å². The van der Waals surface area contributed by atoms with Gasteiger partial charge in [0, 0.05) is 50.2 Å². The highest BCUT2D eigenvalue weighted by Gasteiger charge is 2.26. The maximum atomic E-state index is 13.5. The van der Waals surface area contributed by atoms with Gasteiger partial charge in [-0.05, 0) is 63.8 Å². The van der Waals surface area contributed by atoms with Crippen LogP contribution in [0.4, 0.5) is 17.5 Å². The molecular formula is C32H43N7O4. The maximum Gasteiger partial charge on any atom is 0.303 e. The zero-order valence-electron chi connectivity index (χ0n) is 25.3. The standard InChI is InChI=1S/C32H43N7O4/c1-22-26-21-34-32(36-30(26)39(24-10-7-8-11-24)31(43)29(22)23(2)40)35-27-14-13-25(20-33-27)38-18-16-37(17-19-38)15-9-5-3-4-6-12-28(41)42/h13-14,20-21,24H,3-12,15-19H2,1-2H3,(H,41,42)(H,33,34,35,36). The van der Waals surface area contributed by atoms with E-state index in [1.54, 1.807) is 17.7 Å². The first-order chi connectivity index (χ1) is 20.8. The maximum absolute atomic E-state index is 13.5. The van der Waals surface area contributed by atoms with E-state index >= 15 is 0 Å². The number of anilines is 3. The SMILES string of the molecule is CC(=O)c1c(C)c2cnc(Nc3ccc(N4CCN(CCCCCCCC(=O)O)CC4)cn3)nc2n(C2CCCC2)c1=O. The van der Waals surface area contributed by atoms with Crippen molar-refractivity contribution in [3.8, 4) is 0 Å². The zero-order chi connectivity index (χ0) is 30.3. The molecule has 11 nitrogen and oxygen atoms in total. The van der Waals surface area contributed by atoms with Crippen molar-refractivity contribution in [3.63, 3.8) is 0 Å². The second-order valence-corrected chi connectivity index (χ2v) is 11.9. The van der Waals surface area contributed by atoms with Crippen LogP contribution >= 0.6 is 0 Å². The number of rotatable bonds is 13. The summed E-state index contributed by atoms with van der Waals surface area (Å²) < 4.78 is 1.72. The average Bonchev–Trinajstić information content (AvgIpc) is 3.52. The summed E-state index contributed by atoms with van der Waals surface area (Å²) in [7, 11) is 0. The fourth-order valence-electron chi connectivity index (χ4n) is 6.44. The van der Waals surface area contributed by atoms with E-state index in [1.165, 1.54) is 6.92 Å². The van der Waals surface area contributed by atoms with Gasteiger partial charge in [-0.1, -0.05) is 32.1 Å². The van der Waals surface area contributed by atoms with Crippen LogP contribution in [-0.2, 0) is 4.79 Å². The number of aliphatic carboxylic acids is 1. The number of carbonyl (C=O) groups excluding carboxylic acids is 1. The van der Waals surface area contributed by atoms with Crippen molar-refractivity contribution >= 4 is 40.2 Å².